The number of terminal acetylenes is 1. The minimum atomic E-state index is -0.169. The topological polar surface area (TPSA) is 46.2 Å². The van der Waals surface area contributed by atoms with E-state index >= 15 is 0 Å². The van der Waals surface area contributed by atoms with Gasteiger partial charge in [-0.2, -0.15) is 0 Å². The third kappa shape index (κ3) is 7.20. The van der Waals surface area contributed by atoms with E-state index in [9.17, 15) is 0 Å². The maximum absolute atomic E-state index is 6.20. The molecular formula is C23H32O5. The number of hydrogen-bond donors (Lipinski definition) is 0. The minimum Gasteiger partial charge on any atom is -0.378 e. The summed E-state index contributed by atoms with van der Waals surface area (Å²) in [5.74, 6) is 2.65. The fourth-order valence-corrected chi connectivity index (χ4v) is 3.42. The largest absolute Gasteiger partial charge is 0.378 e. The van der Waals surface area contributed by atoms with Crippen molar-refractivity contribution in [3.8, 4) is 12.3 Å². The monoisotopic (exact) mass is 388 g/mol. The lowest BCUT2D eigenvalue weighted by molar-refractivity contribution is -0.200. The molecule has 2 fully saturated rings. The molecule has 0 aromatic heterocycles. The average Bonchev–Trinajstić information content (AvgIpc) is 2.77. The molecule has 2 saturated heterocycles. The highest BCUT2D eigenvalue weighted by molar-refractivity contribution is 5.34. The standard InChI is InChI=1S/C23H32O5/c1-2-19-10-12-20(13-11-19)21(28-23-9-4-6-16-27-23)18-24-14-7-17-26-22-8-3-5-15-25-22/h1,10-13,21-23H,3-9,14-18H2/t21-,22?,23?/m1/s1. The van der Waals surface area contributed by atoms with Gasteiger partial charge in [-0.05, 0) is 62.6 Å². The van der Waals surface area contributed by atoms with Crippen LogP contribution in [0.4, 0.5) is 0 Å². The number of rotatable bonds is 10. The van der Waals surface area contributed by atoms with Crippen LogP contribution in [-0.2, 0) is 23.7 Å². The maximum atomic E-state index is 6.20. The van der Waals surface area contributed by atoms with Crippen molar-refractivity contribution in [1.29, 1.82) is 0 Å². The van der Waals surface area contributed by atoms with E-state index in [-0.39, 0.29) is 18.7 Å². The summed E-state index contributed by atoms with van der Waals surface area (Å²) in [4.78, 5) is 0. The van der Waals surface area contributed by atoms with Crippen LogP contribution >= 0.6 is 0 Å². The van der Waals surface area contributed by atoms with Crippen LogP contribution in [0.15, 0.2) is 24.3 Å². The van der Waals surface area contributed by atoms with Crippen molar-refractivity contribution in [2.75, 3.05) is 33.0 Å². The first-order valence-corrected chi connectivity index (χ1v) is 10.5. The molecule has 0 saturated carbocycles. The summed E-state index contributed by atoms with van der Waals surface area (Å²) in [7, 11) is 0. The number of ether oxygens (including phenoxy) is 5. The van der Waals surface area contributed by atoms with Gasteiger partial charge in [0, 0.05) is 25.4 Å². The van der Waals surface area contributed by atoms with E-state index in [1.54, 1.807) is 0 Å². The molecule has 2 unspecified atom stereocenters. The van der Waals surface area contributed by atoms with Crippen LogP contribution in [-0.4, -0.2) is 45.6 Å². The average molecular weight is 389 g/mol. The van der Waals surface area contributed by atoms with Gasteiger partial charge in [0.2, 0.25) is 0 Å². The van der Waals surface area contributed by atoms with Gasteiger partial charge in [-0.3, -0.25) is 0 Å². The number of hydrogen-bond acceptors (Lipinski definition) is 5. The molecule has 3 rings (SSSR count). The molecule has 5 nitrogen and oxygen atoms in total. The van der Waals surface area contributed by atoms with Gasteiger partial charge in [-0.25, -0.2) is 0 Å². The zero-order valence-electron chi connectivity index (χ0n) is 16.6. The van der Waals surface area contributed by atoms with Gasteiger partial charge >= 0.3 is 0 Å². The molecule has 2 aliphatic rings. The molecule has 1 aromatic carbocycles. The fourth-order valence-electron chi connectivity index (χ4n) is 3.42. The molecule has 0 aliphatic carbocycles. The predicted octanol–water partition coefficient (Wildman–Crippen LogP) is 4.20. The molecule has 3 atom stereocenters. The van der Waals surface area contributed by atoms with Gasteiger partial charge in [-0.15, -0.1) is 6.42 Å². The SMILES string of the molecule is C#Cc1ccc([C@@H](COCCCOC2CCCCO2)OC2CCCCO2)cc1. The van der Waals surface area contributed by atoms with E-state index in [2.05, 4.69) is 5.92 Å². The highest BCUT2D eigenvalue weighted by atomic mass is 16.7. The molecule has 0 radical (unpaired) electrons. The second kappa shape index (κ2) is 12.2. The summed E-state index contributed by atoms with van der Waals surface area (Å²) < 4.78 is 29.2. The van der Waals surface area contributed by atoms with Crippen molar-refractivity contribution in [2.45, 2.75) is 63.6 Å². The van der Waals surface area contributed by atoms with E-state index in [0.29, 0.717) is 19.8 Å². The van der Waals surface area contributed by atoms with Crippen LogP contribution in [0, 0.1) is 12.3 Å². The highest BCUT2D eigenvalue weighted by Crippen LogP contribution is 2.25. The van der Waals surface area contributed by atoms with Crippen molar-refractivity contribution in [3.63, 3.8) is 0 Å². The molecule has 154 valence electrons. The smallest absolute Gasteiger partial charge is 0.158 e. The Morgan fingerprint density at radius 1 is 0.964 bits per heavy atom. The molecule has 2 heterocycles. The number of benzene rings is 1. The Labute approximate surface area is 168 Å². The van der Waals surface area contributed by atoms with E-state index in [4.69, 9.17) is 30.1 Å². The van der Waals surface area contributed by atoms with Crippen molar-refractivity contribution < 1.29 is 23.7 Å². The van der Waals surface area contributed by atoms with Crippen molar-refractivity contribution in [3.05, 3.63) is 35.4 Å². The van der Waals surface area contributed by atoms with Crippen LogP contribution < -0.4 is 0 Å². The summed E-state index contributed by atoms with van der Waals surface area (Å²) in [5, 5.41) is 0. The first-order valence-electron chi connectivity index (χ1n) is 10.5. The molecule has 0 spiro atoms. The maximum Gasteiger partial charge on any atom is 0.158 e. The Morgan fingerprint density at radius 2 is 1.68 bits per heavy atom. The van der Waals surface area contributed by atoms with Crippen LogP contribution in [0.1, 0.15) is 62.2 Å². The second-order valence-corrected chi connectivity index (χ2v) is 7.28. The molecule has 0 N–H and O–H groups in total. The summed E-state index contributed by atoms with van der Waals surface area (Å²) in [5.41, 5.74) is 1.92. The third-order valence-corrected chi connectivity index (χ3v) is 5.05. The van der Waals surface area contributed by atoms with Gasteiger partial charge in [-0.1, -0.05) is 18.1 Å². The first kappa shape index (κ1) is 21.3. The third-order valence-electron chi connectivity index (χ3n) is 5.05. The molecule has 1 aromatic rings. The lowest BCUT2D eigenvalue weighted by Gasteiger charge is -2.28. The summed E-state index contributed by atoms with van der Waals surface area (Å²) in [6, 6.07) is 7.89. The van der Waals surface area contributed by atoms with Crippen molar-refractivity contribution in [2.24, 2.45) is 0 Å². The summed E-state index contributed by atoms with van der Waals surface area (Å²) >= 11 is 0. The Kier molecular flexibility index (Phi) is 9.28. The minimum absolute atomic E-state index is 0.0389. The fraction of sp³-hybridized carbons (Fsp3) is 0.652. The second-order valence-electron chi connectivity index (χ2n) is 7.28. The Bertz CT molecular complexity index is 582. The molecule has 5 heteroatoms. The van der Waals surface area contributed by atoms with Crippen LogP contribution in [0.2, 0.25) is 0 Å². The van der Waals surface area contributed by atoms with E-state index in [1.165, 1.54) is 6.42 Å². The Hall–Kier alpha value is -1.42. The van der Waals surface area contributed by atoms with Gasteiger partial charge < -0.3 is 23.7 Å². The van der Waals surface area contributed by atoms with Crippen LogP contribution in [0.3, 0.4) is 0 Å². The summed E-state index contributed by atoms with van der Waals surface area (Å²) in [6.45, 7) is 3.32. The van der Waals surface area contributed by atoms with Gasteiger partial charge in [0.1, 0.15) is 6.10 Å². The zero-order chi connectivity index (χ0) is 19.4. The lowest BCUT2D eigenvalue weighted by atomic mass is 10.1. The Morgan fingerprint density at radius 3 is 2.32 bits per heavy atom. The zero-order valence-corrected chi connectivity index (χ0v) is 16.6. The predicted molar refractivity (Wildman–Crippen MR) is 107 cm³/mol. The van der Waals surface area contributed by atoms with E-state index in [1.807, 2.05) is 24.3 Å². The van der Waals surface area contributed by atoms with Crippen LogP contribution in [0.5, 0.6) is 0 Å². The van der Waals surface area contributed by atoms with Gasteiger partial charge in [0.05, 0.1) is 13.2 Å². The summed E-state index contributed by atoms with van der Waals surface area (Å²) in [6.07, 6.45) is 12.4. The van der Waals surface area contributed by atoms with E-state index in [0.717, 1.165) is 62.9 Å². The molecule has 0 bridgehead atoms. The molecule has 2 aliphatic heterocycles. The van der Waals surface area contributed by atoms with Gasteiger partial charge in [0.15, 0.2) is 12.6 Å². The quantitative estimate of drug-likeness (QED) is 0.444. The van der Waals surface area contributed by atoms with Gasteiger partial charge in [0.25, 0.3) is 0 Å². The highest BCUT2D eigenvalue weighted by Gasteiger charge is 2.21. The molecule has 28 heavy (non-hydrogen) atoms. The Balaban J connectivity index is 1.42. The normalized spacial score (nSPS) is 23.8. The van der Waals surface area contributed by atoms with Crippen LogP contribution in [0.25, 0.3) is 0 Å². The first-order chi connectivity index (χ1) is 13.8. The van der Waals surface area contributed by atoms with Crippen molar-refractivity contribution >= 4 is 0 Å². The lowest BCUT2D eigenvalue weighted by Crippen LogP contribution is -2.26. The van der Waals surface area contributed by atoms with E-state index < -0.39 is 0 Å². The van der Waals surface area contributed by atoms with Crippen molar-refractivity contribution in [1.82, 2.24) is 0 Å². The molecule has 0 amide bonds. The molecular weight excluding hydrogens is 356 g/mol.